The Balaban J connectivity index is 1.69. The Hall–Kier alpha value is -2.24. The molecule has 1 aliphatic heterocycles. The van der Waals surface area contributed by atoms with Crippen molar-refractivity contribution < 1.29 is 9.90 Å². The van der Waals surface area contributed by atoms with Gasteiger partial charge in [-0.1, -0.05) is 25.1 Å². The van der Waals surface area contributed by atoms with Gasteiger partial charge in [0.15, 0.2) is 0 Å². The van der Waals surface area contributed by atoms with E-state index in [2.05, 4.69) is 9.88 Å². The monoisotopic (exact) mass is 353 g/mol. The lowest BCUT2D eigenvalue weighted by Crippen LogP contribution is -2.44. The number of piperidine rings is 1. The van der Waals surface area contributed by atoms with Gasteiger partial charge in [0, 0.05) is 44.1 Å². The number of aliphatic hydroxyl groups is 1. The maximum absolute atomic E-state index is 12.5. The van der Waals surface area contributed by atoms with E-state index in [4.69, 9.17) is 0 Å². The second kappa shape index (κ2) is 8.92. The van der Waals surface area contributed by atoms with Crippen LogP contribution in [0.2, 0.25) is 0 Å². The lowest BCUT2D eigenvalue weighted by Gasteiger charge is -2.38. The number of nitrogens with zero attached hydrogens (tertiary/aromatic N) is 3. The third kappa shape index (κ3) is 4.48. The van der Waals surface area contributed by atoms with Crippen LogP contribution in [0, 0.1) is 5.92 Å². The Morgan fingerprint density at radius 1 is 1.27 bits per heavy atom. The van der Waals surface area contributed by atoms with E-state index in [0.29, 0.717) is 18.9 Å². The first-order chi connectivity index (χ1) is 12.7. The summed E-state index contributed by atoms with van der Waals surface area (Å²) < 4.78 is 0. The number of hydrogen-bond donors (Lipinski definition) is 1. The summed E-state index contributed by atoms with van der Waals surface area (Å²) in [4.78, 5) is 20.5. The maximum Gasteiger partial charge on any atom is 0.226 e. The summed E-state index contributed by atoms with van der Waals surface area (Å²) in [7, 11) is 0. The largest absolute Gasteiger partial charge is 0.374 e. The standard InChI is InChI=1S/C21H27N3O2/c1-2-20(25)24(19-8-4-3-5-9-19)16-17-7-6-14-23(15-17)21(26)18-10-12-22-13-11-18/h3-5,8-13,17,21,26H,2,6-7,14-16H2,1H3. The van der Waals surface area contributed by atoms with Crippen LogP contribution in [0.5, 0.6) is 0 Å². The van der Waals surface area contributed by atoms with Crippen LogP contribution < -0.4 is 4.90 Å². The van der Waals surface area contributed by atoms with Crippen LogP contribution in [0.15, 0.2) is 54.9 Å². The summed E-state index contributed by atoms with van der Waals surface area (Å²) in [5.41, 5.74) is 1.82. The molecule has 2 unspecified atom stereocenters. The van der Waals surface area contributed by atoms with Gasteiger partial charge < -0.3 is 10.0 Å². The highest BCUT2D eigenvalue weighted by Gasteiger charge is 2.28. The molecule has 5 heteroatoms. The number of benzene rings is 1. The van der Waals surface area contributed by atoms with E-state index in [1.807, 2.05) is 54.3 Å². The molecule has 2 aromatic rings. The Kier molecular flexibility index (Phi) is 6.36. The Morgan fingerprint density at radius 2 is 2.00 bits per heavy atom. The molecule has 1 fully saturated rings. The third-order valence-corrected chi connectivity index (χ3v) is 5.01. The van der Waals surface area contributed by atoms with Crippen LogP contribution in [0.4, 0.5) is 5.69 Å². The molecular formula is C21H27N3O2. The average molecular weight is 353 g/mol. The van der Waals surface area contributed by atoms with Crippen molar-refractivity contribution in [3.05, 3.63) is 60.4 Å². The highest BCUT2D eigenvalue weighted by atomic mass is 16.3. The van der Waals surface area contributed by atoms with E-state index in [1.165, 1.54) is 0 Å². The molecule has 1 saturated heterocycles. The maximum atomic E-state index is 12.5. The summed E-state index contributed by atoms with van der Waals surface area (Å²) in [6.07, 6.45) is 5.38. The number of anilines is 1. The van der Waals surface area contributed by atoms with E-state index in [0.717, 1.165) is 37.2 Å². The molecular weight excluding hydrogens is 326 g/mol. The molecule has 3 rings (SSSR count). The Morgan fingerprint density at radius 3 is 2.69 bits per heavy atom. The molecule has 1 N–H and O–H groups in total. The van der Waals surface area contributed by atoms with E-state index in [9.17, 15) is 9.90 Å². The SMILES string of the molecule is CCC(=O)N(CC1CCCN(C(O)c2ccncc2)C1)c1ccccc1. The van der Waals surface area contributed by atoms with Crippen molar-refractivity contribution in [1.82, 2.24) is 9.88 Å². The molecule has 0 radical (unpaired) electrons. The smallest absolute Gasteiger partial charge is 0.226 e. The molecule has 2 heterocycles. The Bertz CT molecular complexity index is 693. The second-order valence-electron chi connectivity index (χ2n) is 6.85. The van der Waals surface area contributed by atoms with Crippen LogP contribution in [-0.4, -0.2) is 40.5 Å². The first-order valence-electron chi connectivity index (χ1n) is 9.36. The van der Waals surface area contributed by atoms with Gasteiger partial charge in [0.1, 0.15) is 6.23 Å². The molecule has 1 aromatic carbocycles. The zero-order valence-electron chi connectivity index (χ0n) is 15.3. The molecule has 1 aliphatic rings. The molecule has 26 heavy (non-hydrogen) atoms. The van der Waals surface area contributed by atoms with E-state index in [-0.39, 0.29) is 5.91 Å². The van der Waals surface area contributed by atoms with Crippen molar-refractivity contribution in [2.45, 2.75) is 32.4 Å². The van der Waals surface area contributed by atoms with Crippen LogP contribution >= 0.6 is 0 Å². The fourth-order valence-corrected chi connectivity index (χ4v) is 3.62. The molecule has 2 atom stereocenters. The van der Waals surface area contributed by atoms with Crippen LogP contribution in [0.25, 0.3) is 0 Å². The highest BCUT2D eigenvalue weighted by Crippen LogP contribution is 2.27. The fourth-order valence-electron chi connectivity index (χ4n) is 3.62. The molecule has 0 saturated carbocycles. The number of hydrogen-bond acceptors (Lipinski definition) is 4. The van der Waals surface area contributed by atoms with Crippen molar-refractivity contribution in [2.75, 3.05) is 24.5 Å². The lowest BCUT2D eigenvalue weighted by molar-refractivity contribution is -0.118. The van der Waals surface area contributed by atoms with E-state index >= 15 is 0 Å². The molecule has 0 bridgehead atoms. The molecule has 0 spiro atoms. The van der Waals surface area contributed by atoms with Crippen LogP contribution in [-0.2, 0) is 4.79 Å². The van der Waals surface area contributed by atoms with Gasteiger partial charge in [-0.05, 0) is 48.6 Å². The summed E-state index contributed by atoms with van der Waals surface area (Å²) in [6, 6.07) is 13.6. The molecule has 5 nitrogen and oxygen atoms in total. The van der Waals surface area contributed by atoms with Crippen molar-refractivity contribution in [3.63, 3.8) is 0 Å². The van der Waals surface area contributed by atoms with Gasteiger partial charge in [0.25, 0.3) is 0 Å². The van der Waals surface area contributed by atoms with Crippen molar-refractivity contribution in [1.29, 1.82) is 0 Å². The summed E-state index contributed by atoms with van der Waals surface area (Å²) in [5, 5.41) is 10.7. The topological polar surface area (TPSA) is 56.7 Å². The number of aliphatic hydroxyl groups excluding tert-OH is 1. The van der Waals surface area contributed by atoms with Gasteiger partial charge in [-0.15, -0.1) is 0 Å². The highest BCUT2D eigenvalue weighted by molar-refractivity contribution is 5.93. The number of amides is 1. The van der Waals surface area contributed by atoms with E-state index in [1.54, 1.807) is 12.4 Å². The zero-order valence-corrected chi connectivity index (χ0v) is 15.3. The normalized spacial score (nSPS) is 19.1. The van der Waals surface area contributed by atoms with E-state index < -0.39 is 6.23 Å². The molecule has 1 amide bonds. The van der Waals surface area contributed by atoms with Crippen LogP contribution in [0.1, 0.15) is 38.0 Å². The molecule has 0 aliphatic carbocycles. The van der Waals surface area contributed by atoms with Gasteiger partial charge in [-0.3, -0.25) is 14.7 Å². The number of likely N-dealkylation sites (tertiary alicyclic amines) is 1. The Labute approximate surface area is 155 Å². The first kappa shape index (κ1) is 18.5. The zero-order chi connectivity index (χ0) is 18.4. The lowest BCUT2D eigenvalue weighted by atomic mass is 9.96. The minimum atomic E-state index is -0.618. The van der Waals surface area contributed by atoms with Gasteiger partial charge in [0.2, 0.25) is 5.91 Å². The molecule has 138 valence electrons. The van der Waals surface area contributed by atoms with Gasteiger partial charge >= 0.3 is 0 Å². The number of para-hydroxylation sites is 1. The predicted octanol–water partition coefficient (Wildman–Crippen LogP) is 3.23. The summed E-state index contributed by atoms with van der Waals surface area (Å²) in [5.74, 6) is 0.485. The van der Waals surface area contributed by atoms with Gasteiger partial charge in [0.05, 0.1) is 0 Å². The third-order valence-electron chi connectivity index (χ3n) is 5.01. The summed E-state index contributed by atoms with van der Waals surface area (Å²) in [6.45, 7) is 4.24. The van der Waals surface area contributed by atoms with Gasteiger partial charge in [-0.25, -0.2) is 0 Å². The number of rotatable bonds is 6. The average Bonchev–Trinajstić information content (AvgIpc) is 2.72. The number of aromatic nitrogens is 1. The van der Waals surface area contributed by atoms with Crippen molar-refractivity contribution in [3.8, 4) is 0 Å². The second-order valence-corrected chi connectivity index (χ2v) is 6.85. The van der Waals surface area contributed by atoms with Crippen molar-refractivity contribution >= 4 is 11.6 Å². The minimum Gasteiger partial charge on any atom is -0.374 e. The number of pyridine rings is 1. The predicted molar refractivity (Wildman–Crippen MR) is 103 cm³/mol. The van der Waals surface area contributed by atoms with Gasteiger partial charge in [-0.2, -0.15) is 0 Å². The number of carbonyl (C=O) groups excluding carboxylic acids is 1. The van der Waals surface area contributed by atoms with Crippen molar-refractivity contribution in [2.24, 2.45) is 5.92 Å². The van der Waals surface area contributed by atoms with Crippen LogP contribution in [0.3, 0.4) is 0 Å². The summed E-state index contributed by atoms with van der Waals surface area (Å²) >= 11 is 0. The quantitative estimate of drug-likeness (QED) is 0.866. The number of carbonyl (C=O) groups is 1. The first-order valence-corrected chi connectivity index (χ1v) is 9.36. The molecule has 1 aromatic heterocycles. The minimum absolute atomic E-state index is 0.142. The fraction of sp³-hybridized carbons (Fsp3) is 0.429.